The standard InChI is InChI=1S/C17H21NO2/c1-12(2)13(3)18-17(19)11-20-16-10-6-8-14-7-4-5-9-15(14)16/h4-10,12-13H,11H2,1-3H3,(H,18,19). The lowest BCUT2D eigenvalue weighted by Gasteiger charge is -2.17. The first-order valence-corrected chi connectivity index (χ1v) is 6.98. The maximum absolute atomic E-state index is 11.8. The Hall–Kier alpha value is -2.03. The van der Waals surface area contributed by atoms with Crippen molar-refractivity contribution in [3.8, 4) is 5.75 Å². The molecule has 0 aliphatic rings. The van der Waals surface area contributed by atoms with E-state index < -0.39 is 0 Å². The van der Waals surface area contributed by atoms with E-state index in [1.54, 1.807) is 0 Å². The van der Waals surface area contributed by atoms with E-state index in [9.17, 15) is 4.79 Å². The number of carbonyl (C=O) groups is 1. The van der Waals surface area contributed by atoms with E-state index in [0.717, 1.165) is 16.5 Å². The summed E-state index contributed by atoms with van der Waals surface area (Å²) in [5.41, 5.74) is 0. The normalized spacial score (nSPS) is 12.4. The minimum absolute atomic E-state index is 0.0467. The third-order valence-corrected chi connectivity index (χ3v) is 3.50. The van der Waals surface area contributed by atoms with Crippen LogP contribution < -0.4 is 10.1 Å². The summed E-state index contributed by atoms with van der Waals surface area (Å²) in [7, 11) is 0. The van der Waals surface area contributed by atoms with E-state index in [2.05, 4.69) is 19.2 Å². The van der Waals surface area contributed by atoms with Crippen molar-refractivity contribution in [1.29, 1.82) is 0 Å². The zero-order valence-electron chi connectivity index (χ0n) is 12.2. The predicted octanol–water partition coefficient (Wildman–Crippen LogP) is 3.38. The number of hydrogen-bond acceptors (Lipinski definition) is 2. The lowest BCUT2D eigenvalue weighted by molar-refractivity contribution is -0.123. The molecule has 0 bridgehead atoms. The summed E-state index contributed by atoms with van der Waals surface area (Å²) >= 11 is 0. The Morgan fingerprint density at radius 2 is 1.80 bits per heavy atom. The van der Waals surface area contributed by atoms with Gasteiger partial charge in [-0.1, -0.05) is 50.2 Å². The molecule has 1 unspecified atom stereocenters. The number of hydrogen-bond donors (Lipinski definition) is 1. The Kier molecular flexibility index (Phi) is 4.61. The number of ether oxygens (including phenoxy) is 1. The summed E-state index contributed by atoms with van der Waals surface area (Å²) in [5.74, 6) is 1.08. The fourth-order valence-corrected chi connectivity index (χ4v) is 1.93. The second-order valence-electron chi connectivity index (χ2n) is 5.37. The molecule has 3 nitrogen and oxygen atoms in total. The Balaban J connectivity index is 2.01. The van der Waals surface area contributed by atoms with Crippen LogP contribution in [0.3, 0.4) is 0 Å². The summed E-state index contributed by atoms with van der Waals surface area (Å²) < 4.78 is 5.65. The molecule has 0 aliphatic carbocycles. The van der Waals surface area contributed by atoms with Gasteiger partial charge in [-0.25, -0.2) is 0 Å². The first-order valence-electron chi connectivity index (χ1n) is 6.98. The molecule has 1 atom stereocenters. The zero-order valence-corrected chi connectivity index (χ0v) is 12.2. The lowest BCUT2D eigenvalue weighted by Crippen LogP contribution is -2.38. The SMILES string of the molecule is CC(C)C(C)NC(=O)COc1cccc2ccccc12. The van der Waals surface area contributed by atoms with Gasteiger partial charge in [-0.15, -0.1) is 0 Å². The molecule has 106 valence electrons. The van der Waals surface area contributed by atoms with Crippen LogP contribution in [0.15, 0.2) is 42.5 Å². The van der Waals surface area contributed by atoms with Gasteiger partial charge in [0, 0.05) is 11.4 Å². The molecule has 1 N–H and O–H groups in total. The van der Waals surface area contributed by atoms with Crippen LogP contribution in [0.25, 0.3) is 10.8 Å². The average molecular weight is 271 g/mol. The Bertz CT molecular complexity index is 587. The van der Waals surface area contributed by atoms with Gasteiger partial charge in [-0.05, 0) is 24.3 Å². The Morgan fingerprint density at radius 3 is 2.55 bits per heavy atom. The number of rotatable bonds is 5. The van der Waals surface area contributed by atoms with Crippen LogP contribution in [0.5, 0.6) is 5.75 Å². The summed E-state index contributed by atoms with van der Waals surface area (Å²) in [6, 6.07) is 14.0. The highest BCUT2D eigenvalue weighted by Crippen LogP contribution is 2.24. The largest absolute Gasteiger partial charge is 0.483 e. The number of carbonyl (C=O) groups excluding carboxylic acids is 1. The van der Waals surface area contributed by atoms with Crippen molar-refractivity contribution in [3.63, 3.8) is 0 Å². The molecule has 1 amide bonds. The number of nitrogens with one attached hydrogen (secondary N) is 1. The van der Waals surface area contributed by atoms with E-state index in [4.69, 9.17) is 4.74 Å². The average Bonchev–Trinajstić information content (AvgIpc) is 2.44. The summed E-state index contributed by atoms with van der Waals surface area (Å²) in [4.78, 5) is 11.8. The van der Waals surface area contributed by atoms with Crippen LogP contribution in [-0.2, 0) is 4.79 Å². The Labute approximate surface area is 119 Å². The summed E-state index contributed by atoms with van der Waals surface area (Å²) in [6.45, 7) is 6.21. The van der Waals surface area contributed by atoms with Gasteiger partial charge in [0.2, 0.25) is 0 Å². The van der Waals surface area contributed by atoms with Crippen LogP contribution in [0.2, 0.25) is 0 Å². The molecule has 0 saturated carbocycles. The zero-order chi connectivity index (χ0) is 14.5. The maximum atomic E-state index is 11.8. The van der Waals surface area contributed by atoms with Gasteiger partial charge in [0.15, 0.2) is 6.61 Å². The molecule has 0 radical (unpaired) electrons. The van der Waals surface area contributed by atoms with Crippen LogP contribution in [0, 0.1) is 5.92 Å². The van der Waals surface area contributed by atoms with Gasteiger partial charge in [0.05, 0.1) is 0 Å². The van der Waals surface area contributed by atoms with Gasteiger partial charge in [-0.2, -0.15) is 0 Å². The maximum Gasteiger partial charge on any atom is 0.258 e. The van der Waals surface area contributed by atoms with Gasteiger partial charge in [0.1, 0.15) is 5.75 Å². The molecule has 20 heavy (non-hydrogen) atoms. The second kappa shape index (κ2) is 6.42. The third-order valence-electron chi connectivity index (χ3n) is 3.50. The highest BCUT2D eigenvalue weighted by atomic mass is 16.5. The molecule has 0 aromatic heterocycles. The van der Waals surface area contributed by atoms with Crippen molar-refractivity contribution >= 4 is 16.7 Å². The van der Waals surface area contributed by atoms with E-state index >= 15 is 0 Å². The summed E-state index contributed by atoms with van der Waals surface area (Å²) in [6.07, 6.45) is 0. The summed E-state index contributed by atoms with van der Waals surface area (Å²) in [5, 5.41) is 5.07. The fourth-order valence-electron chi connectivity index (χ4n) is 1.93. The molecule has 2 aromatic carbocycles. The fraction of sp³-hybridized carbons (Fsp3) is 0.353. The topological polar surface area (TPSA) is 38.3 Å². The molecule has 3 heteroatoms. The second-order valence-corrected chi connectivity index (χ2v) is 5.37. The molecular formula is C17H21NO2. The molecule has 0 aliphatic heterocycles. The molecule has 0 saturated heterocycles. The molecule has 0 heterocycles. The van der Waals surface area contributed by atoms with E-state index in [1.165, 1.54) is 0 Å². The molecule has 0 fully saturated rings. The van der Waals surface area contributed by atoms with Crippen molar-refractivity contribution in [1.82, 2.24) is 5.32 Å². The smallest absolute Gasteiger partial charge is 0.258 e. The number of fused-ring (bicyclic) bond motifs is 1. The van der Waals surface area contributed by atoms with Gasteiger partial charge < -0.3 is 10.1 Å². The van der Waals surface area contributed by atoms with E-state index in [1.807, 2.05) is 49.4 Å². The van der Waals surface area contributed by atoms with Crippen molar-refractivity contribution in [2.24, 2.45) is 5.92 Å². The highest BCUT2D eigenvalue weighted by molar-refractivity contribution is 5.88. The van der Waals surface area contributed by atoms with Crippen LogP contribution in [0.4, 0.5) is 0 Å². The minimum atomic E-state index is -0.0841. The monoisotopic (exact) mass is 271 g/mol. The molecular weight excluding hydrogens is 250 g/mol. The minimum Gasteiger partial charge on any atom is -0.483 e. The van der Waals surface area contributed by atoms with Crippen LogP contribution in [0.1, 0.15) is 20.8 Å². The first-order chi connectivity index (χ1) is 9.58. The molecule has 2 rings (SSSR count). The van der Waals surface area contributed by atoms with Crippen molar-refractivity contribution < 1.29 is 9.53 Å². The number of amides is 1. The van der Waals surface area contributed by atoms with Crippen molar-refractivity contribution in [2.45, 2.75) is 26.8 Å². The Morgan fingerprint density at radius 1 is 1.10 bits per heavy atom. The lowest BCUT2D eigenvalue weighted by atomic mass is 10.1. The van der Waals surface area contributed by atoms with Crippen LogP contribution in [-0.4, -0.2) is 18.6 Å². The van der Waals surface area contributed by atoms with Gasteiger partial charge >= 0.3 is 0 Å². The predicted molar refractivity (Wildman–Crippen MR) is 81.9 cm³/mol. The highest BCUT2D eigenvalue weighted by Gasteiger charge is 2.11. The molecule has 2 aromatic rings. The van der Waals surface area contributed by atoms with Crippen LogP contribution >= 0.6 is 0 Å². The van der Waals surface area contributed by atoms with E-state index in [-0.39, 0.29) is 18.6 Å². The van der Waals surface area contributed by atoms with Crippen molar-refractivity contribution in [3.05, 3.63) is 42.5 Å². The van der Waals surface area contributed by atoms with Crippen molar-refractivity contribution in [2.75, 3.05) is 6.61 Å². The number of benzene rings is 2. The first kappa shape index (κ1) is 14.4. The molecule has 0 spiro atoms. The van der Waals surface area contributed by atoms with E-state index in [0.29, 0.717) is 5.92 Å². The van der Waals surface area contributed by atoms with Gasteiger partial charge in [0.25, 0.3) is 5.91 Å². The van der Waals surface area contributed by atoms with Gasteiger partial charge in [-0.3, -0.25) is 4.79 Å². The third kappa shape index (κ3) is 3.50. The quantitative estimate of drug-likeness (QED) is 0.905.